The number of hydrogen-bond donors (Lipinski definition) is 2. The van der Waals surface area contributed by atoms with Gasteiger partial charge in [0.15, 0.2) is 0 Å². The Morgan fingerprint density at radius 1 is 1.29 bits per heavy atom. The van der Waals surface area contributed by atoms with Gasteiger partial charge in [0.05, 0.1) is 10.7 Å². The summed E-state index contributed by atoms with van der Waals surface area (Å²) < 4.78 is 32.8. The van der Waals surface area contributed by atoms with Gasteiger partial charge in [-0.2, -0.15) is 0 Å². The Hall–Kier alpha value is -2.32. The Morgan fingerprint density at radius 3 is 2.75 bits per heavy atom. The predicted molar refractivity (Wildman–Crippen MR) is 90.5 cm³/mol. The molecule has 0 aliphatic heterocycles. The topological polar surface area (TPSA) is 101 Å². The zero-order valence-corrected chi connectivity index (χ0v) is 14.6. The average Bonchev–Trinajstić information content (AvgIpc) is 3.18. The normalized spacial score (nSPS) is 11.6. The molecular weight excluding hydrogens is 352 g/mol. The molecule has 1 aromatic carbocycles. The molecule has 0 aliphatic carbocycles. The van der Waals surface area contributed by atoms with Crippen LogP contribution in [0.1, 0.15) is 18.4 Å². The Morgan fingerprint density at radius 2 is 2.08 bits per heavy atom. The fourth-order valence-corrected chi connectivity index (χ4v) is 3.48. The van der Waals surface area contributed by atoms with Crippen molar-refractivity contribution >= 4 is 27.3 Å². The highest BCUT2D eigenvalue weighted by Gasteiger charge is 2.19. The second-order valence-electron chi connectivity index (χ2n) is 5.19. The van der Waals surface area contributed by atoms with Gasteiger partial charge in [-0.05, 0) is 30.7 Å². The minimum absolute atomic E-state index is 0.0467. The zero-order chi connectivity index (χ0) is 17.3. The minimum Gasteiger partial charge on any atom is -0.419 e. The van der Waals surface area contributed by atoms with E-state index < -0.39 is 10.0 Å². The molecule has 0 saturated heterocycles. The van der Waals surface area contributed by atoms with Gasteiger partial charge in [-0.1, -0.05) is 24.6 Å². The smallest absolute Gasteiger partial charge is 0.264 e. The molecule has 0 aliphatic rings. The van der Waals surface area contributed by atoms with Crippen LogP contribution < -0.4 is 4.72 Å². The van der Waals surface area contributed by atoms with Gasteiger partial charge in [-0.25, -0.2) is 8.42 Å². The van der Waals surface area contributed by atoms with Crippen molar-refractivity contribution in [1.29, 1.82) is 0 Å². The third-order valence-electron chi connectivity index (χ3n) is 3.34. The number of benzene rings is 1. The maximum absolute atomic E-state index is 12.5. The summed E-state index contributed by atoms with van der Waals surface area (Å²) in [7, 11) is -3.79. The van der Waals surface area contributed by atoms with Gasteiger partial charge >= 0.3 is 0 Å². The number of H-pyrrole nitrogens is 1. The first kappa shape index (κ1) is 16.5. The van der Waals surface area contributed by atoms with Crippen LogP contribution in [0.5, 0.6) is 0 Å². The quantitative estimate of drug-likeness (QED) is 0.720. The van der Waals surface area contributed by atoms with Crippen LogP contribution in [0.3, 0.4) is 0 Å². The molecule has 0 unspecified atom stereocenters. The number of nitrogens with zero attached hydrogens (tertiary/aromatic N) is 2. The summed E-state index contributed by atoms with van der Waals surface area (Å²) in [5, 5.41) is 8.06. The second-order valence-corrected chi connectivity index (χ2v) is 7.28. The van der Waals surface area contributed by atoms with Crippen molar-refractivity contribution in [3.63, 3.8) is 0 Å². The number of aryl methyl sites for hydroxylation is 2. The van der Waals surface area contributed by atoms with Crippen molar-refractivity contribution in [1.82, 2.24) is 15.2 Å². The molecule has 2 N–H and O–H groups in total. The SMILES string of the molecule is CCc1nnc(-c2cc(S(=O)(=O)Nc3ccc(C)cc3Cl)c[nH]2)o1. The average molecular weight is 367 g/mol. The summed E-state index contributed by atoms with van der Waals surface area (Å²) in [4.78, 5) is 2.87. The third-order valence-corrected chi connectivity index (χ3v) is 4.99. The molecule has 2 aromatic heterocycles. The summed E-state index contributed by atoms with van der Waals surface area (Å²) in [5.41, 5.74) is 1.68. The summed E-state index contributed by atoms with van der Waals surface area (Å²) in [6, 6.07) is 6.51. The highest BCUT2D eigenvalue weighted by atomic mass is 35.5. The number of halogens is 1. The number of aromatic nitrogens is 3. The summed E-state index contributed by atoms with van der Waals surface area (Å²) in [5.74, 6) is 0.718. The lowest BCUT2D eigenvalue weighted by Crippen LogP contribution is -2.12. The molecule has 3 rings (SSSR count). The molecule has 126 valence electrons. The molecule has 9 heteroatoms. The molecular formula is C15H15ClN4O3S. The Bertz CT molecular complexity index is 978. The highest BCUT2D eigenvalue weighted by Crippen LogP contribution is 2.27. The lowest BCUT2D eigenvalue weighted by molar-refractivity contribution is 0.511. The first-order valence-electron chi connectivity index (χ1n) is 7.19. The van der Waals surface area contributed by atoms with E-state index in [4.69, 9.17) is 16.0 Å². The van der Waals surface area contributed by atoms with Gasteiger partial charge in [0, 0.05) is 12.6 Å². The maximum Gasteiger partial charge on any atom is 0.264 e. The van der Waals surface area contributed by atoms with E-state index in [0.29, 0.717) is 28.7 Å². The van der Waals surface area contributed by atoms with Crippen LogP contribution in [0.4, 0.5) is 5.69 Å². The van der Waals surface area contributed by atoms with Crippen molar-refractivity contribution in [3.8, 4) is 11.6 Å². The second kappa shape index (κ2) is 6.29. The van der Waals surface area contributed by atoms with E-state index in [1.165, 1.54) is 12.3 Å². The monoisotopic (exact) mass is 366 g/mol. The van der Waals surface area contributed by atoms with E-state index in [1.54, 1.807) is 18.2 Å². The fourth-order valence-electron chi connectivity index (χ4n) is 2.07. The lowest BCUT2D eigenvalue weighted by atomic mass is 10.2. The minimum atomic E-state index is -3.79. The molecule has 0 fully saturated rings. The fraction of sp³-hybridized carbons (Fsp3) is 0.200. The van der Waals surface area contributed by atoms with Crippen molar-refractivity contribution in [2.24, 2.45) is 0 Å². The molecule has 0 saturated carbocycles. The van der Waals surface area contributed by atoms with Crippen LogP contribution in [0.2, 0.25) is 5.02 Å². The van der Waals surface area contributed by atoms with Crippen molar-refractivity contribution in [2.75, 3.05) is 4.72 Å². The van der Waals surface area contributed by atoms with Crippen LogP contribution in [0.25, 0.3) is 11.6 Å². The standard InChI is InChI=1S/C15H15ClN4O3S/c1-3-14-18-19-15(23-14)13-7-10(8-17-13)24(21,22)20-12-5-4-9(2)6-11(12)16/h4-8,17,20H,3H2,1-2H3. The van der Waals surface area contributed by atoms with Gasteiger partial charge in [0.25, 0.3) is 15.9 Å². The number of rotatable bonds is 5. The van der Waals surface area contributed by atoms with E-state index >= 15 is 0 Å². The van der Waals surface area contributed by atoms with E-state index in [1.807, 2.05) is 13.8 Å². The van der Waals surface area contributed by atoms with Crippen molar-refractivity contribution < 1.29 is 12.8 Å². The summed E-state index contributed by atoms with van der Waals surface area (Å²) in [6.45, 7) is 3.76. The number of sulfonamides is 1. The first-order valence-corrected chi connectivity index (χ1v) is 9.05. The summed E-state index contributed by atoms with van der Waals surface area (Å²) in [6.07, 6.45) is 1.96. The van der Waals surface area contributed by atoms with Crippen LogP contribution in [-0.2, 0) is 16.4 Å². The maximum atomic E-state index is 12.5. The lowest BCUT2D eigenvalue weighted by Gasteiger charge is -2.08. The summed E-state index contributed by atoms with van der Waals surface area (Å²) >= 11 is 6.07. The van der Waals surface area contributed by atoms with Gasteiger partial charge in [0.1, 0.15) is 10.6 Å². The molecule has 0 radical (unpaired) electrons. The molecule has 2 heterocycles. The van der Waals surface area contributed by atoms with E-state index in [0.717, 1.165) is 5.56 Å². The third kappa shape index (κ3) is 3.29. The first-order chi connectivity index (χ1) is 11.4. The van der Waals surface area contributed by atoms with Gasteiger partial charge in [-0.3, -0.25) is 4.72 Å². The Labute approximate surface area is 144 Å². The van der Waals surface area contributed by atoms with Crippen LogP contribution in [-0.4, -0.2) is 23.6 Å². The van der Waals surface area contributed by atoms with E-state index in [-0.39, 0.29) is 10.8 Å². The number of anilines is 1. The van der Waals surface area contributed by atoms with Gasteiger partial charge in [-0.15, -0.1) is 10.2 Å². The van der Waals surface area contributed by atoms with E-state index in [2.05, 4.69) is 19.9 Å². The van der Waals surface area contributed by atoms with Crippen molar-refractivity contribution in [3.05, 3.63) is 46.9 Å². The number of aromatic amines is 1. The molecule has 24 heavy (non-hydrogen) atoms. The molecule has 0 atom stereocenters. The molecule has 0 spiro atoms. The zero-order valence-electron chi connectivity index (χ0n) is 13.0. The highest BCUT2D eigenvalue weighted by molar-refractivity contribution is 7.92. The van der Waals surface area contributed by atoms with Gasteiger partial charge in [0.2, 0.25) is 5.89 Å². The molecule has 0 bridgehead atoms. The molecule has 0 amide bonds. The largest absolute Gasteiger partial charge is 0.419 e. The van der Waals surface area contributed by atoms with Crippen LogP contribution >= 0.6 is 11.6 Å². The van der Waals surface area contributed by atoms with Gasteiger partial charge < -0.3 is 9.40 Å². The van der Waals surface area contributed by atoms with E-state index in [9.17, 15) is 8.42 Å². The van der Waals surface area contributed by atoms with Crippen LogP contribution in [0, 0.1) is 6.92 Å². The molecule has 3 aromatic rings. The number of hydrogen-bond acceptors (Lipinski definition) is 5. The van der Waals surface area contributed by atoms with Crippen molar-refractivity contribution in [2.45, 2.75) is 25.2 Å². The Kier molecular flexibility index (Phi) is 4.33. The molecule has 7 nitrogen and oxygen atoms in total. The predicted octanol–water partition coefficient (Wildman–Crippen LogP) is 3.39. The number of nitrogens with one attached hydrogen (secondary N) is 2. The van der Waals surface area contributed by atoms with Crippen LogP contribution in [0.15, 0.2) is 39.8 Å². The Balaban J connectivity index is 1.87.